The molecule has 0 radical (unpaired) electrons. The number of sulfone groups is 2. The summed E-state index contributed by atoms with van der Waals surface area (Å²) in [5.74, 6) is 0. The van der Waals surface area contributed by atoms with Crippen LogP contribution in [0.5, 0.6) is 0 Å². The van der Waals surface area contributed by atoms with Gasteiger partial charge in [-0.3, -0.25) is 0 Å². The Morgan fingerprint density at radius 3 is 1.75 bits per heavy atom. The normalized spacial score (nSPS) is 14.5. The molecule has 1 aromatic rings. The van der Waals surface area contributed by atoms with E-state index in [0.29, 0.717) is 10.7 Å². The predicted octanol–water partition coefficient (Wildman–Crippen LogP) is 3.98. The van der Waals surface area contributed by atoms with Crippen LogP contribution in [0.4, 0.5) is 5.69 Å². The van der Waals surface area contributed by atoms with Crippen molar-refractivity contribution < 1.29 is 16.8 Å². The van der Waals surface area contributed by atoms with Crippen LogP contribution >= 0.6 is 11.6 Å². The second-order valence-corrected chi connectivity index (χ2v) is 13.0. The third kappa shape index (κ3) is 4.74. The zero-order chi connectivity index (χ0) is 19.0. The van der Waals surface area contributed by atoms with E-state index in [1.807, 2.05) is 0 Å². The van der Waals surface area contributed by atoms with Crippen LogP contribution < -0.4 is 5.32 Å². The second-order valence-electron chi connectivity index (χ2n) is 7.39. The highest BCUT2D eigenvalue weighted by Gasteiger charge is 2.36. The third-order valence-electron chi connectivity index (χ3n) is 3.32. The van der Waals surface area contributed by atoms with E-state index in [4.69, 9.17) is 11.6 Å². The van der Waals surface area contributed by atoms with Gasteiger partial charge in [0.25, 0.3) is 0 Å². The molecule has 0 aliphatic heterocycles. The molecule has 0 saturated carbocycles. The molecule has 0 unspecified atom stereocenters. The summed E-state index contributed by atoms with van der Waals surface area (Å²) in [5.41, 5.74) is 0.433. The standard InChI is InChI=1S/C16H24ClNO4S2/c1-15(2,3)23(19,20)11-14(24(21,22)16(4,5)6)18-13-9-7-12(17)8-10-13/h7-11,18H,1-6H3. The molecule has 8 heteroatoms. The van der Waals surface area contributed by atoms with Gasteiger partial charge in [-0.2, -0.15) is 0 Å². The first-order valence-electron chi connectivity index (χ1n) is 7.31. The van der Waals surface area contributed by atoms with E-state index in [9.17, 15) is 16.8 Å². The van der Waals surface area contributed by atoms with Crippen molar-refractivity contribution in [2.24, 2.45) is 0 Å². The number of nitrogens with one attached hydrogen (secondary N) is 1. The van der Waals surface area contributed by atoms with Gasteiger partial charge in [0.15, 0.2) is 19.7 Å². The Hall–Kier alpha value is -1.05. The summed E-state index contributed by atoms with van der Waals surface area (Å²) in [7, 11) is -7.70. The van der Waals surface area contributed by atoms with Crippen molar-refractivity contribution in [3.8, 4) is 0 Å². The fraction of sp³-hybridized carbons (Fsp3) is 0.500. The van der Waals surface area contributed by atoms with Crippen LogP contribution in [0.15, 0.2) is 34.7 Å². The van der Waals surface area contributed by atoms with Gasteiger partial charge in [0, 0.05) is 10.7 Å². The molecular weight excluding hydrogens is 370 g/mol. The van der Waals surface area contributed by atoms with E-state index in [2.05, 4.69) is 5.32 Å². The van der Waals surface area contributed by atoms with E-state index in [0.717, 1.165) is 5.41 Å². The molecule has 0 amide bonds. The minimum atomic E-state index is -3.90. The lowest BCUT2D eigenvalue weighted by Gasteiger charge is -2.24. The lowest BCUT2D eigenvalue weighted by molar-refractivity contribution is 0.564. The minimum Gasteiger partial charge on any atom is -0.346 e. The van der Waals surface area contributed by atoms with Crippen LogP contribution in [-0.2, 0) is 19.7 Å². The van der Waals surface area contributed by atoms with Gasteiger partial charge in [-0.1, -0.05) is 11.6 Å². The van der Waals surface area contributed by atoms with Crippen LogP contribution in [0, 0.1) is 0 Å². The predicted molar refractivity (Wildman–Crippen MR) is 101 cm³/mol. The summed E-state index contributed by atoms with van der Waals surface area (Å²) < 4.78 is 48.3. The lowest BCUT2D eigenvalue weighted by atomic mass is 10.3. The van der Waals surface area contributed by atoms with E-state index in [-0.39, 0.29) is 5.03 Å². The van der Waals surface area contributed by atoms with Crippen LogP contribution in [-0.4, -0.2) is 26.3 Å². The second kappa shape index (κ2) is 6.69. The fourth-order valence-corrected chi connectivity index (χ4v) is 4.10. The van der Waals surface area contributed by atoms with Crippen molar-refractivity contribution in [3.05, 3.63) is 39.7 Å². The van der Waals surface area contributed by atoms with Gasteiger partial charge in [0.05, 0.1) is 14.9 Å². The van der Waals surface area contributed by atoms with E-state index in [1.165, 1.54) is 41.5 Å². The van der Waals surface area contributed by atoms with Crippen molar-refractivity contribution in [3.63, 3.8) is 0 Å². The molecule has 1 rings (SSSR count). The summed E-state index contributed by atoms with van der Waals surface area (Å²) in [6.45, 7) is 9.10. The summed E-state index contributed by atoms with van der Waals surface area (Å²) in [4.78, 5) is 0. The molecule has 136 valence electrons. The number of anilines is 1. The van der Waals surface area contributed by atoms with E-state index >= 15 is 0 Å². The van der Waals surface area contributed by atoms with Gasteiger partial charge in [0.1, 0.15) is 5.03 Å². The first-order chi connectivity index (χ1) is 10.6. The van der Waals surface area contributed by atoms with Gasteiger partial charge in [0.2, 0.25) is 0 Å². The molecule has 24 heavy (non-hydrogen) atoms. The molecule has 0 fully saturated rings. The summed E-state index contributed by atoms with van der Waals surface area (Å²) in [6.07, 6.45) is 0. The highest BCUT2D eigenvalue weighted by Crippen LogP contribution is 2.28. The highest BCUT2D eigenvalue weighted by atomic mass is 35.5. The van der Waals surface area contributed by atoms with Crippen molar-refractivity contribution in [1.82, 2.24) is 0 Å². The molecule has 1 N–H and O–H groups in total. The molecule has 5 nitrogen and oxygen atoms in total. The first-order valence-corrected chi connectivity index (χ1v) is 10.7. The molecular formula is C16H24ClNO4S2. The SMILES string of the molecule is CC(C)(C)S(=O)(=O)C=C(Nc1ccc(Cl)cc1)S(=O)(=O)C(C)(C)C. The van der Waals surface area contributed by atoms with Gasteiger partial charge >= 0.3 is 0 Å². The summed E-state index contributed by atoms with van der Waals surface area (Å²) in [5, 5.41) is 3.66. The van der Waals surface area contributed by atoms with E-state index in [1.54, 1.807) is 24.3 Å². The maximum atomic E-state index is 12.8. The Morgan fingerprint density at radius 2 is 1.38 bits per heavy atom. The molecule has 0 bridgehead atoms. The fourth-order valence-electron chi connectivity index (χ4n) is 1.48. The Bertz CT molecular complexity index is 826. The Balaban J connectivity index is 3.52. The van der Waals surface area contributed by atoms with Crippen LogP contribution in [0.3, 0.4) is 0 Å². The summed E-state index contributed by atoms with van der Waals surface area (Å²) in [6, 6.07) is 6.34. The monoisotopic (exact) mass is 393 g/mol. The Labute approximate surface area is 149 Å². The van der Waals surface area contributed by atoms with E-state index < -0.39 is 29.2 Å². The average Bonchev–Trinajstić information content (AvgIpc) is 2.37. The minimum absolute atomic E-state index is 0.354. The van der Waals surface area contributed by atoms with Crippen molar-refractivity contribution in [1.29, 1.82) is 0 Å². The number of rotatable bonds is 4. The zero-order valence-electron chi connectivity index (χ0n) is 14.7. The van der Waals surface area contributed by atoms with Crippen molar-refractivity contribution in [2.45, 2.75) is 51.0 Å². The van der Waals surface area contributed by atoms with Crippen molar-refractivity contribution in [2.75, 3.05) is 5.32 Å². The number of hydrogen-bond acceptors (Lipinski definition) is 5. The molecule has 0 aromatic heterocycles. The molecule has 0 atom stereocenters. The maximum Gasteiger partial charge on any atom is 0.199 e. The van der Waals surface area contributed by atoms with Gasteiger partial charge in [-0.15, -0.1) is 0 Å². The molecule has 0 spiro atoms. The maximum absolute atomic E-state index is 12.8. The Kier molecular flexibility index (Phi) is 5.85. The molecule has 1 aromatic carbocycles. The van der Waals surface area contributed by atoms with Gasteiger partial charge < -0.3 is 5.32 Å². The lowest BCUT2D eigenvalue weighted by Crippen LogP contribution is -2.34. The molecule has 0 aliphatic rings. The van der Waals surface area contributed by atoms with Crippen LogP contribution in [0.2, 0.25) is 5.02 Å². The Morgan fingerprint density at radius 1 is 0.917 bits per heavy atom. The van der Waals surface area contributed by atoms with Crippen LogP contribution in [0.1, 0.15) is 41.5 Å². The topological polar surface area (TPSA) is 80.3 Å². The largest absolute Gasteiger partial charge is 0.346 e. The quantitative estimate of drug-likeness (QED) is 0.836. The number of benzene rings is 1. The summed E-state index contributed by atoms with van der Waals surface area (Å²) >= 11 is 5.82. The number of halogens is 1. The average molecular weight is 394 g/mol. The first kappa shape index (κ1) is 21.0. The zero-order valence-corrected chi connectivity index (χ0v) is 17.1. The smallest absolute Gasteiger partial charge is 0.199 e. The third-order valence-corrected chi connectivity index (χ3v) is 8.39. The molecule has 0 saturated heterocycles. The van der Waals surface area contributed by atoms with Gasteiger partial charge in [-0.25, -0.2) is 16.8 Å². The molecule has 0 aliphatic carbocycles. The van der Waals surface area contributed by atoms with Crippen LogP contribution in [0.25, 0.3) is 0 Å². The molecule has 0 heterocycles. The highest BCUT2D eigenvalue weighted by molar-refractivity contribution is 7.99. The van der Waals surface area contributed by atoms with Gasteiger partial charge in [-0.05, 0) is 65.8 Å². The number of hydrogen-bond donors (Lipinski definition) is 1. The van der Waals surface area contributed by atoms with Crippen molar-refractivity contribution >= 4 is 37.0 Å².